The molecule has 133 heavy (non-hydrogen) atoms. The van der Waals surface area contributed by atoms with Gasteiger partial charge in [0.05, 0.1) is 44.0 Å². The van der Waals surface area contributed by atoms with Gasteiger partial charge in [0.15, 0.2) is 12.6 Å². The molecular weight excluding hydrogens is 1910 g/mol. The van der Waals surface area contributed by atoms with Crippen LogP contribution in [0.3, 0.4) is 0 Å². The molecule has 2 amide bonds. The van der Waals surface area contributed by atoms with E-state index in [-0.39, 0.29) is 63.7 Å². The lowest BCUT2D eigenvalue weighted by atomic mass is 9.80. The number of anilines is 5. The maximum atomic E-state index is 11.1. The van der Waals surface area contributed by atoms with E-state index in [1.807, 2.05) is 144 Å². The first-order valence-corrected chi connectivity index (χ1v) is 43.9. The van der Waals surface area contributed by atoms with Crippen LogP contribution < -0.4 is 63.5 Å². The number of phenolic OH excluding ortho intramolecular Hbond substituents is 1. The SMILES string of the molecule is C.CC(C)(C)N.CC(C)(C)Nc1nc(Cl)ccc1C(N)=O.CCN(CC)CC.NC(=O)c1ccc(Cl)nc1Cl.O=Cc1cc(O)ccc1Br.[2HH].[2H][2H].[2H][2H].[2H][2H].[2H][2H].[2H][2H].[2H][2H].[2H][2H].[2H][2H].[2H][2H].[2H][2H].[2H][2H].[2H][2H].[2H][2H].[2H][2H].[2H][2H].[2H][2H].[2H][2H].[2H][2H].[2H][2H].[2H][2H].[2H][2H].[2H][2H].[2H][2H].[2H][2H].[2H][2H].[2H][2H].[2H][2H].[2H][2H].[2H][2H].[2H][2H].[2H][2H].[2H][2H].[2H][2H].[2H][2H].[2H][2H].[2H][2H].[2H][2H].[2H][2H].[2H][2H].[2H][2H].[2H][2H].[2H][2H].[2H][2H].[2H][2H].[2H][2H].[2H][2H].[2H][2H].[2H][2H].[2H][2H].[2H][2H].[2H][2H].[2H][2H].[2H][2H].[2H][2H].[2H][2H].[2H][2H].[2H][2H].[2H][2H].[2H][2H].[2H][2H].[2H][2H].[2H][2H].[2H][2H].[2H][2H].[C-]#[N+]c1ccc(Cl)nc1NC(C)(C)C.[C-]#[N+]c1ccc(Oc2ccc(Br)c(C=O)c2)nc1NC(C)(C)C.[C-]#[N+]c1ccc(Oc2ccc(C)c(C=O)c2)nc1NC(C)(C)C.[C-]#[N+]c1ccc(Oc2ccc3c(c2)COB3O)nc1NC(C)(C)C. The number of carbonyl (C=O) groups is 5. The van der Waals surface area contributed by atoms with E-state index in [1.54, 1.807) is 103 Å². The van der Waals surface area contributed by atoms with Gasteiger partial charge in [-0.1, -0.05) is 119 Å². The lowest BCUT2D eigenvalue weighted by Gasteiger charge is -2.22. The number of aromatic nitrogens is 6. The summed E-state index contributed by atoms with van der Waals surface area (Å²) in [6.07, 6.45) is 2.23. The van der Waals surface area contributed by atoms with E-state index in [1.165, 1.54) is 50.0 Å². The van der Waals surface area contributed by atoms with Crippen molar-refractivity contribution in [2.24, 2.45) is 17.2 Å². The van der Waals surface area contributed by atoms with E-state index in [0.29, 0.717) is 141 Å². The van der Waals surface area contributed by atoms with Gasteiger partial charge >= 0.3 is 7.12 Å². The average molecular weight is 2290 g/mol. The van der Waals surface area contributed by atoms with Crippen LogP contribution in [0, 0.1) is 33.2 Å². The molecule has 30 nitrogen and oxygen atoms in total. The minimum absolute atomic E-state index is 0. The molecule has 4 aromatic carbocycles. The molecule has 0 aliphatic carbocycles. The van der Waals surface area contributed by atoms with E-state index in [9.17, 15) is 29.0 Å². The minimum atomic E-state index is -0.868. The first-order chi connectivity index (χ1) is 125. The van der Waals surface area contributed by atoms with Crippen molar-refractivity contribution in [2.45, 2.75) is 200 Å². The number of pyridine rings is 6. The molecule has 13 N–H and O–H groups in total. The van der Waals surface area contributed by atoms with Crippen LogP contribution in [-0.2, 0) is 11.3 Å². The van der Waals surface area contributed by atoms with Gasteiger partial charge in [-0.3, -0.25) is 24.0 Å². The molecule has 7 heterocycles. The van der Waals surface area contributed by atoms with Crippen LogP contribution in [0.2, 0.25) is 20.6 Å². The number of phenols is 1. The van der Waals surface area contributed by atoms with Gasteiger partial charge in [-0.25, -0.2) is 49.3 Å². The third-order valence-corrected chi connectivity index (χ3v) is 18.3. The van der Waals surface area contributed by atoms with Gasteiger partial charge < -0.3 is 77.7 Å². The normalized spacial score (nSPS) is 14.9. The second kappa shape index (κ2) is 54.8. The largest absolute Gasteiger partial charge is 0.508 e. The molecule has 6 aromatic heterocycles. The van der Waals surface area contributed by atoms with Gasteiger partial charge in [0, 0.05) is 250 Å². The number of nitrogens with one attached hydrogen (secondary N) is 5. The second-order valence-corrected chi connectivity index (χ2v) is 37.9. The Labute approximate surface area is 1020 Å². The smallest absolute Gasteiger partial charge is 0.491 e. The fraction of sp³-hybridized carbons (Fsp3) is 0.344. The highest BCUT2D eigenvalue weighted by molar-refractivity contribution is 9.10. The molecule has 10 aromatic rings. The maximum Gasteiger partial charge on any atom is 0.491 e. The van der Waals surface area contributed by atoms with Gasteiger partial charge in [0.25, 0.3) is 11.8 Å². The van der Waals surface area contributed by atoms with Crippen LogP contribution in [0.25, 0.3) is 19.4 Å². The zero-order valence-corrected chi connectivity index (χ0v) is 84.2. The molecule has 37 heteroatoms. The molecule has 0 saturated carbocycles. The fourth-order valence-electron chi connectivity index (χ4n) is 10.1. The highest BCUT2D eigenvalue weighted by Crippen LogP contribution is 2.36. The first kappa shape index (κ1) is 50.3. The predicted octanol–water partition coefficient (Wildman–Crippen LogP) is 40.5. The Morgan fingerprint density at radius 3 is 1.15 bits per heavy atom. The quantitative estimate of drug-likeness (QED) is 0.0156. The number of amides is 2. The molecule has 838 valence electrons. The van der Waals surface area contributed by atoms with Crippen molar-refractivity contribution in [3.8, 4) is 40.6 Å². The van der Waals surface area contributed by atoms with Gasteiger partial charge in [-0.2, -0.15) is 0 Å². The van der Waals surface area contributed by atoms with E-state index in [4.69, 9.17) is 304 Å². The molecule has 0 radical (unpaired) electrons. The van der Waals surface area contributed by atoms with Gasteiger partial charge in [0.2, 0.25) is 40.4 Å². The number of rotatable bonds is 19. The first-order valence-electron chi connectivity index (χ1n) is 105. The lowest BCUT2D eigenvalue weighted by Crippen LogP contribution is -2.28. The predicted molar refractivity (Wildman–Crippen MR) is 682 cm³/mol. The number of halogens is 6. The number of nitrogens with zero attached hydrogens (tertiary/aromatic N) is 11. The molecule has 1 aliphatic heterocycles. The summed E-state index contributed by atoms with van der Waals surface area (Å²) in [6, 6.07) is 39.5. The van der Waals surface area contributed by atoms with Crippen LogP contribution in [0.4, 0.5) is 51.8 Å². The molecule has 11 rings (SSSR count). The Bertz CT molecular complexity index is 5870. The van der Waals surface area contributed by atoms with E-state index in [2.05, 4.69) is 133 Å². The van der Waals surface area contributed by atoms with Crippen molar-refractivity contribution in [3.63, 3.8) is 0 Å². The third-order valence-electron chi connectivity index (χ3n) is 15.9. The van der Waals surface area contributed by atoms with Gasteiger partial charge in [0.1, 0.15) is 79.0 Å². The number of aromatic hydroxyl groups is 1. The average Bonchev–Trinajstić information content (AvgIpc) is 1.66. The second-order valence-electron chi connectivity index (χ2n) is 34.7. The molecule has 0 saturated heterocycles. The molecule has 0 spiro atoms. The van der Waals surface area contributed by atoms with Crippen molar-refractivity contribution in [3.05, 3.63) is 260 Å². The van der Waals surface area contributed by atoms with Crippen LogP contribution in [0.1, 0.15) is 407 Å². The number of hydrogen-bond acceptors (Lipinski definition) is 24. The molecule has 0 bridgehead atoms. The number of nitrogens with two attached hydrogens (primary N) is 3. The summed E-state index contributed by atoms with van der Waals surface area (Å²) in [5, 5.41) is 35.3. The third kappa shape index (κ3) is 45.3. The summed E-state index contributed by atoms with van der Waals surface area (Å²) in [4.78, 5) is 94.9. The molecule has 0 unspecified atom stereocenters. The Balaban J connectivity index is -0.0000000254. The summed E-state index contributed by atoms with van der Waals surface area (Å²) in [5.74, 6) is 4.12. The monoisotopic (exact) mass is 2280 g/mol. The number of fused-ring (bicyclic) bond motifs is 1. The van der Waals surface area contributed by atoms with Crippen LogP contribution in [0.5, 0.6) is 40.6 Å². The van der Waals surface area contributed by atoms with Crippen molar-refractivity contribution >= 4 is 173 Å². The number of aryl methyl sites for hydroxylation is 1. The summed E-state index contributed by atoms with van der Waals surface area (Å²) < 4.78 is 664. The summed E-state index contributed by atoms with van der Waals surface area (Å²) in [5.41, 5.74) is 20.9. The van der Waals surface area contributed by atoms with E-state index >= 15 is 0 Å². The number of aldehydes is 3. The highest BCUT2D eigenvalue weighted by atomic mass is 79.9. The van der Waals surface area contributed by atoms with Crippen molar-refractivity contribution in [2.75, 3.05) is 46.2 Å². The molecule has 1 aliphatic rings. The van der Waals surface area contributed by atoms with Gasteiger partial charge in [-0.05, 0) is 301 Å². The number of benzene rings is 4. The number of hydrogen-bond donors (Lipinski definition) is 10. The number of primary amides is 2. The Kier molecular flexibility index (Phi) is 20.7. The summed E-state index contributed by atoms with van der Waals surface area (Å²) in [7, 11) is -0.868. The Morgan fingerprint density at radius 2 is 0.797 bits per heavy atom. The summed E-state index contributed by atoms with van der Waals surface area (Å²) in [6.45, 7) is 76.7. The highest BCUT2D eigenvalue weighted by Gasteiger charge is 2.28. The van der Waals surface area contributed by atoms with Crippen LogP contribution in [-0.4, -0.2) is 136 Å². The number of carbonyl (C=O) groups excluding carboxylic acids is 5. The van der Waals surface area contributed by atoms with Crippen LogP contribution in [0.15, 0.2) is 155 Å². The zero-order valence-electron chi connectivity index (χ0n) is 206. The van der Waals surface area contributed by atoms with Gasteiger partial charge in [-0.15, -0.1) is 0 Å². The van der Waals surface area contributed by atoms with Crippen molar-refractivity contribution in [1.82, 2.24) is 34.8 Å². The topological polar surface area (TPSA) is 399 Å². The van der Waals surface area contributed by atoms with Crippen molar-refractivity contribution < 1.29 is 244 Å². The number of ether oxygens (including phenoxy) is 3. The lowest BCUT2D eigenvalue weighted by molar-refractivity contribution is 0.0992. The Morgan fingerprint density at radius 1 is 0.481 bits per heavy atom. The van der Waals surface area contributed by atoms with E-state index in [0.717, 1.165) is 29.2 Å². The van der Waals surface area contributed by atoms with E-state index < -0.39 is 18.9 Å². The minimum Gasteiger partial charge on any atom is -0.508 e. The Hall–Kier alpha value is -12.1. The standard InChI is InChI=1S/C18H19N3O2.C17H18BN3O3.C17H16BrN3O2.C10H14ClN3O.C10H12ClN3.C7H5BrO2.C6H4Cl2N2O.C6H15N.C4H11N.CH4.65H2/c1-12-6-7-14(10-13(12)11-22)23-16-9-8-15(19-5)17(20-16)21-18(2,3)4;1-17(2,3)21-16-14(19-4)7-8-15(20-16)24-12-5-6-13-11(9-12)10-23-18(13)22;1-17(2,3)21-16-14(19-4)7-8-15(20-16)23-12-5-6-13(18)11(9-12)10-22;1-10(2,3)14-9-6(8(12)15)4-5-7(11)13-9;1-10(2,3)14-9-7(12-4)5-6-8(11)13-9;8-7-2-1-6(10)3-5(7)4-9;7-4-2-1-3(6(9)11)5(8)10-4;1-4-7(5-2)6-3;1-4(2,3)5;;;;;;;;;;;;;;;;;;;;;;;;;;;;;;;;;;;;;;;;;;;;;;;;;;;;;;;;;;;;;;;;;;/h6-11H,1-4H3,(H,20,21);5-9,22H,10H2,1-3H3,(H,20,21);5-10H,1-3H3,(H,20,21);4-5H,1-3H3,(H2,12,15)(H,13,14);5-6H,1-3H3,(H,13,14);1-4,10H;1-2H,(H2,9,11);4-6H2,1-3H3;5H2,1-3H3;1H4;65*1H/i;;;;;;;;;;64*1+1D;1+1. The molecule has 0 fully saturated rings. The molecule has 0 atom stereocenters. The summed E-state index contributed by atoms with van der Waals surface area (Å²) >= 11 is 28.9. The zero-order chi connectivity index (χ0) is 228. The maximum absolute atomic E-state index is 11.1. The fourth-order valence-corrected chi connectivity index (χ4v) is 11.6. The van der Waals surface area contributed by atoms with Crippen molar-refractivity contribution in [1.29, 1.82) is 0 Å². The molecular formula is C96H248BBr2Cl4N19O11. The van der Waals surface area contributed by atoms with Crippen LogP contribution >= 0.6 is 78.3 Å².